The molecule has 2 rings (SSSR count). The topological polar surface area (TPSA) is 46.1 Å². The molecule has 0 bridgehead atoms. The van der Waals surface area contributed by atoms with Crippen molar-refractivity contribution in [1.29, 1.82) is 0 Å². The second kappa shape index (κ2) is 6.56. The highest BCUT2D eigenvalue weighted by molar-refractivity contribution is 8.02. The van der Waals surface area contributed by atoms with Crippen LogP contribution in [-0.2, 0) is 0 Å². The number of halogens is 1. The van der Waals surface area contributed by atoms with Crippen molar-refractivity contribution in [3.8, 4) is 0 Å². The maximum absolute atomic E-state index is 12.3. The van der Waals surface area contributed by atoms with Crippen LogP contribution in [0.1, 0.15) is 17.3 Å². The van der Waals surface area contributed by atoms with Gasteiger partial charge in [-0.3, -0.25) is 4.79 Å². The zero-order chi connectivity index (χ0) is 14.7. The van der Waals surface area contributed by atoms with Gasteiger partial charge < -0.3 is 4.90 Å². The van der Waals surface area contributed by atoms with E-state index in [-0.39, 0.29) is 11.0 Å². The number of thioether (sulfide) groups is 1. The minimum absolute atomic E-state index is 0.0632. The van der Waals surface area contributed by atoms with Gasteiger partial charge in [0.05, 0.1) is 5.25 Å². The van der Waals surface area contributed by atoms with E-state index in [0.717, 1.165) is 9.47 Å². The summed E-state index contributed by atoms with van der Waals surface area (Å²) in [4.78, 5) is 14.2. The SMILES string of the molecule is CC(Sc1nnc(N(C)C)s1)C(=O)c1ccc(Cl)cc1. The van der Waals surface area contributed by atoms with Crippen LogP contribution in [-0.4, -0.2) is 35.3 Å². The maximum atomic E-state index is 12.3. The van der Waals surface area contributed by atoms with Crippen LogP contribution in [0.3, 0.4) is 0 Å². The van der Waals surface area contributed by atoms with Gasteiger partial charge in [-0.1, -0.05) is 34.7 Å². The molecule has 1 heterocycles. The summed E-state index contributed by atoms with van der Waals surface area (Å²) in [6, 6.07) is 6.93. The van der Waals surface area contributed by atoms with Crippen LogP contribution >= 0.6 is 34.7 Å². The number of carbonyl (C=O) groups is 1. The van der Waals surface area contributed by atoms with Crippen LogP contribution in [0.2, 0.25) is 5.02 Å². The molecule has 4 nitrogen and oxygen atoms in total. The molecule has 1 aromatic heterocycles. The smallest absolute Gasteiger partial charge is 0.208 e. The average molecular weight is 328 g/mol. The molecule has 106 valence electrons. The number of anilines is 1. The third-order valence-corrected chi connectivity index (χ3v) is 5.08. The van der Waals surface area contributed by atoms with Gasteiger partial charge in [0, 0.05) is 24.7 Å². The fraction of sp³-hybridized carbons (Fsp3) is 0.308. The molecule has 0 aliphatic carbocycles. The average Bonchev–Trinajstić information content (AvgIpc) is 2.87. The van der Waals surface area contributed by atoms with Crippen molar-refractivity contribution in [2.45, 2.75) is 16.5 Å². The summed E-state index contributed by atoms with van der Waals surface area (Å²) in [7, 11) is 3.83. The highest BCUT2D eigenvalue weighted by Gasteiger charge is 2.19. The first-order valence-corrected chi connectivity index (χ1v) is 8.02. The maximum Gasteiger partial charge on any atom is 0.208 e. The minimum atomic E-state index is -0.209. The van der Waals surface area contributed by atoms with Gasteiger partial charge in [0.25, 0.3) is 0 Å². The van der Waals surface area contributed by atoms with Crippen LogP contribution in [0, 0.1) is 0 Å². The van der Waals surface area contributed by atoms with E-state index >= 15 is 0 Å². The lowest BCUT2D eigenvalue weighted by Gasteiger charge is -2.08. The molecule has 0 amide bonds. The summed E-state index contributed by atoms with van der Waals surface area (Å²) >= 11 is 8.72. The largest absolute Gasteiger partial charge is 0.353 e. The molecule has 0 aliphatic rings. The molecule has 1 unspecified atom stereocenters. The predicted octanol–water partition coefficient (Wildman–Crippen LogP) is 3.62. The second-order valence-corrected chi connectivity index (χ2v) is 7.36. The van der Waals surface area contributed by atoms with E-state index in [9.17, 15) is 4.79 Å². The molecule has 7 heteroatoms. The number of hydrogen-bond donors (Lipinski definition) is 0. The highest BCUT2D eigenvalue weighted by atomic mass is 35.5. The molecule has 2 aromatic rings. The van der Waals surface area contributed by atoms with Gasteiger partial charge in [-0.15, -0.1) is 10.2 Å². The van der Waals surface area contributed by atoms with Crippen LogP contribution < -0.4 is 4.90 Å². The summed E-state index contributed by atoms with van der Waals surface area (Å²) in [6.45, 7) is 1.87. The molecule has 0 saturated carbocycles. The zero-order valence-electron chi connectivity index (χ0n) is 11.3. The van der Waals surface area contributed by atoms with Gasteiger partial charge in [0.15, 0.2) is 10.1 Å². The van der Waals surface area contributed by atoms with E-state index in [2.05, 4.69) is 10.2 Å². The summed E-state index contributed by atoms with van der Waals surface area (Å²) in [5, 5.41) is 9.39. The number of rotatable bonds is 5. The number of nitrogens with zero attached hydrogens (tertiary/aromatic N) is 3. The van der Waals surface area contributed by atoms with Gasteiger partial charge >= 0.3 is 0 Å². The highest BCUT2D eigenvalue weighted by Crippen LogP contribution is 2.31. The second-order valence-electron chi connectivity index (χ2n) is 4.38. The Hall–Kier alpha value is -1.11. The molecule has 0 fully saturated rings. The number of Topliss-reactive ketones (excluding diaryl/α,β-unsaturated/α-hetero) is 1. The Balaban J connectivity index is 2.05. The number of ketones is 1. The van der Waals surface area contributed by atoms with E-state index in [0.29, 0.717) is 10.6 Å². The van der Waals surface area contributed by atoms with Crippen molar-refractivity contribution in [2.75, 3.05) is 19.0 Å². The normalized spacial score (nSPS) is 12.2. The van der Waals surface area contributed by atoms with Crippen LogP contribution in [0.4, 0.5) is 5.13 Å². The van der Waals surface area contributed by atoms with E-state index in [1.165, 1.54) is 23.1 Å². The molecular formula is C13H14ClN3OS2. The standard InChI is InChI=1S/C13H14ClN3OS2/c1-8(11(18)9-4-6-10(14)7-5-9)19-13-16-15-12(20-13)17(2)3/h4-8H,1-3H3. The first-order valence-electron chi connectivity index (χ1n) is 5.94. The summed E-state index contributed by atoms with van der Waals surface area (Å²) < 4.78 is 0.795. The Morgan fingerprint density at radius 3 is 2.50 bits per heavy atom. The third-order valence-electron chi connectivity index (χ3n) is 2.55. The Bertz CT molecular complexity index is 598. The summed E-state index contributed by atoms with van der Waals surface area (Å²) in [6.07, 6.45) is 0. The van der Waals surface area contributed by atoms with Crippen molar-refractivity contribution in [1.82, 2.24) is 10.2 Å². The van der Waals surface area contributed by atoms with E-state index in [1.807, 2.05) is 25.9 Å². The van der Waals surface area contributed by atoms with Crippen LogP contribution in [0.25, 0.3) is 0 Å². The molecule has 1 aromatic carbocycles. The molecule has 0 radical (unpaired) electrons. The Labute approximate surface area is 131 Å². The van der Waals surface area contributed by atoms with Gasteiger partial charge in [-0.2, -0.15) is 0 Å². The molecule has 0 saturated heterocycles. The number of aromatic nitrogens is 2. The summed E-state index contributed by atoms with van der Waals surface area (Å²) in [5.41, 5.74) is 0.659. The molecular weight excluding hydrogens is 314 g/mol. The molecule has 1 atom stereocenters. The fourth-order valence-corrected chi connectivity index (χ4v) is 3.60. The van der Waals surface area contributed by atoms with Crippen LogP contribution in [0.15, 0.2) is 28.6 Å². The van der Waals surface area contributed by atoms with E-state index in [4.69, 9.17) is 11.6 Å². The number of benzene rings is 1. The number of carbonyl (C=O) groups excluding carboxylic acids is 1. The van der Waals surface area contributed by atoms with E-state index < -0.39 is 0 Å². The van der Waals surface area contributed by atoms with Crippen molar-refractivity contribution in [2.24, 2.45) is 0 Å². The lowest BCUT2D eigenvalue weighted by atomic mass is 10.1. The first-order chi connectivity index (χ1) is 9.47. The van der Waals surface area contributed by atoms with Gasteiger partial charge in [-0.05, 0) is 31.2 Å². The zero-order valence-corrected chi connectivity index (χ0v) is 13.7. The minimum Gasteiger partial charge on any atom is -0.353 e. The number of hydrogen-bond acceptors (Lipinski definition) is 6. The molecule has 0 N–H and O–H groups in total. The third kappa shape index (κ3) is 3.71. The Morgan fingerprint density at radius 2 is 1.95 bits per heavy atom. The van der Waals surface area contributed by atoms with Gasteiger partial charge in [0.1, 0.15) is 0 Å². The first kappa shape index (κ1) is 15.3. The molecule has 20 heavy (non-hydrogen) atoms. The Kier molecular flexibility index (Phi) is 5.01. The lowest BCUT2D eigenvalue weighted by Crippen LogP contribution is -2.13. The van der Waals surface area contributed by atoms with Crippen LogP contribution in [0.5, 0.6) is 0 Å². The lowest BCUT2D eigenvalue weighted by molar-refractivity contribution is 0.0994. The fourth-order valence-electron chi connectivity index (χ4n) is 1.48. The van der Waals surface area contributed by atoms with Crippen molar-refractivity contribution in [3.05, 3.63) is 34.9 Å². The van der Waals surface area contributed by atoms with Crippen molar-refractivity contribution in [3.63, 3.8) is 0 Å². The molecule has 0 spiro atoms. The Morgan fingerprint density at radius 1 is 1.30 bits per heavy atom. The van der Waals surface area contributed by atoms with E-state index in [1.54, 1.807) is 24.3 Å². The summed E-state index contributed by atoms with van der Waals surface area (Å²) in [5.74, 6) is 0.0632. The van der Waals surface area contributed by atoms with Gasteiger partial charge in [-0.25, -0.2) is 0 Å². The predicted molar refractivity (Wildman–Crippen MR) is 85.3 cm³/mol. The quantitative estimate of drug-likeness (QED) is 0.620. The molecule has 0 aliphatic heterocycles. The monoisotopic (exact) mass is 327 g/mol. The van der Waals surface area contributed by atoms with Crippen molar-refractivity contribution >= 4 is 45.6 Å². The van der Waals surface area contributed by atoms with Crippen molar-refractivity contribution < 1.29 is 4.79 Å². The van der Waals surface area contributed by atoms with Gasteiger partial charge in [0.2, 0.25) is 5.13 Å².